The van der Waals surface area contributed by atoms with Gasteiger partial charge in [0.2, 0.25) is 0 Å². The van der Waals surface area contributed by atoms with Crippen LogP contribution in [0.3, 0.4) is 0 Å². The topological polar surface area (TPSA) is 43.4 Å². The molecule has 0 aliphatic heterocycles. The standard InChI is InChI=1S/C44H86O3/c1-4-7-10-13-16-18-20-22-24-26-28-30-32-34-37-40-43(45)42(44(46)47-41-38-35-15-12-9-6-3)39-36-33-31-29-27-25-23-21-19-17-14-11-8-5-2/h42H,4-41H2,1-3H3. The zero-order valence-corrected chi connectivity index (χ0v) is 32.7. The number of carbonyl (C=O) groups is 2. The lowest BCUT2D eigenvalue weighted by molar-refractivity contribution is -0.152. The van der Waals surface area contributed by atoms with Gasteiger partial charge in [0.25, 0.3) is 0 Å². The van der Waals surface area contributed by atoms with Crippen molar-refractivity contribution in [1.82, 2.24) is 0 Å². The van der Waals surface area contributed by atoms with Crippen LogP contribution in [0.15, 0.2) is 0 Å². The van der Waals surface area contributed by atoms with Crippen molar-refractivity contribution >= 4 is 11.8 Å². The third-order valence-corrected chi connectivity index (χ3v) is 10.3. The average molecular weight is 663 g/mol. The van der Waals surface area contributed by atoms with Crippen LogP contribution in [-0.2, 0) is 14.3 Å². The molecule has 0 aliphatic carbocycles. The fourth-order valence-corrected chi connectivity index (χ4v) is 6.95. The van der Waals surface area contributed by atoms with Crippen molar-refractivity contribution in [1.29, 1.82) is 0 Å². The van der Waals surface area contributed by atoms with Gasteiger partial charge in [0.15, 0.2) is 0 Å². The van der Waals surface area contributed by atoms with E-state index in [0.717, 1.165) is 38.5 Å². The van der Waals surface area contributed by atoms with E-state index in [1.54, 1.807) is 0 Å². The highest BCUT2D eigenvalue weighted by molar-refractivity contribution is 5.98. The normalized spacial score (nSPS) is 12.1. The lowest BCUT2D eigenvalue weighted by atomic mass is 9.92. The van der Waals surface area contributed by atoms with Gasteiger partial charge in [-0.25, -0.2) is 0 Å². The van der Waals surface area contributed by atoms with E-state index in [4.69, 9.17) is 4.74 Å². The summed E-state index contributed by atoms with van der Waals surface area (Å²) in [6.07, 6.45) is 46.6. The van der Waals surface area contributed by atoms with Gasteiger partial charge in [0.1, 0.15) is 11.7 Å². The van der Waals surface area contributed by atoms with Gasteiger partial charge in [-0.15, -0.1) is 0 Å². The van der Waals surface area contributed by atoms with E-state index in [9.17, 15) is 9.59 Å². The first kappa shape index (κ1) is 46.1. The molecule has 3 heteroatoms. The molecule has 1 atom stereocenters. The smallest absolute Gasteiger partial charge is 0.316 e. The van der Waals surface area contributed by atoms with Crippen molar-refractivity contribution < 1.29 is 14.3 Å². The predicted molar refractivity (Wildman–Crippen MR) is 207 cm³/mol. The van der Waals surface area contributed by atoms with Gasteiger partial charge in [-0.3, -0.25) is 9.59 Å². The Morgan fingerprint density at radius 3 is 0.979 bits per heavy atom. The van der Waals surface area contributed by atoms with Crippen molar-refractivity contribution in [2.75, 3.05) is 6.61 Å². The Hall–Kier alpha value is -0.860. The van der Waals surface area contributed by atoms with Crippen LogP contribution in [0.1, 0.15) is 258 Å². The molecule has 0 aromatic rings. The van der Waals surface area contributed by atoms with Crippen LogP contribution < -0.4 is 0 Å². The minimum absolute atomic E-state index is 0.141. The average Bonchev–Trinajstić information content (AvgIpc) is 3.07. The summed E-state index contributed by atoms with van der Waals surface area (Å²) >= 11 is 0. The Kier molecular flexibility index (Phi) is 38.9. The summed E-state index contributed by atoms with van der Waals surface area (Å²) in [7, 11) is 0. The number of rotatable bonds is 40. The first-order chi connectivity index (χ1) is 23.2. The van der Waals surface area contributed by atoms with E-state index < -0.39 is 5.92 Å². The number of hydrogen-bond donors (Lipinski definition) is 0. The molecule has 47 heavy (non-hydrogen) atoms. The lowest BCUT2D eigenvalue weighted by Crippen LogP contribution is -2.26. The van der Waals surface area contributed by atoms with Crippen molar-refractivity contribution in [2.24, 2.45) is 5.92 Å². The third-order valence-electron chi connectivity index (χ3n) is 10.3. The van der Waals surface area contributed by atoms with Crippen LogP contribution in [0.2, 0.25) is 0 Å². The SMILES string of the molecule is CCCCCCCCCCCCCCCCCC(=O)C(CCCCCCCCCCCCCCCC)C(=O)OCCCCCCCC. The van der Waals surface area contributed by atoms with Gasteiger partial charge in [-0.1, -0.05) is 233 Å². The summed E-state index contributed by atoms with van der Waals surface area (Å²) in [5, 5.41) is 0. The van der Waals surface area contributed by atoms with Gasteiger partial charge in [0.05, 0.1) is 6.61 Å². The van der Waals surface area contributed by atoms with Gasteiger partial charge in [-0.2, -0.15) is 0 Å². The predicted octanol–water partition coefficient (Wildman–Crippen LogP) is 15.2. The molecular formula is C44H86O3. The molecule has 0 amide bonds. The first-order valence-electron chi connectivity index (χ1n) is 21.9. The van der Waals surface area contributed by atoms with E-state index in [1.165, 1.54) is 186 Å². The number of hydrogen-bond acceptors (Lipinski definition) is 3. The van der Waals surface area contributed by atoms with Crippen molar-refractivity contribution in [3.8, 4) is 0 Å². The molecule has 280 valence electrons. The van der Waals surface area contributed by atoms with Crippen molar-refractivity contribution in [2.45, 2.75) is 258 Å². The van der Waals surface area contributed by atoms with Crippen LogP contribution in [-0.4, -0.2) is 18.4 Å². The summed E-state index contributed by atoms with van der Waals surface area (Å²) < 4.78 is 5.67. The Morgan fingerprint density at radius 2 is 0.638 bits per heavy atom. The molecule has 0 N–H and O–H groups in total. The molecule has 0 aliphatic rings. The first-order valence-corrected chi connectivity index (χ1v) is 21.9. The largest absolute Gasteiger partial charge is 0.465 e. The van der Waals surface area contributed by atoms with Crippen LogP contribution in [0.4, 0.5) is 0 Å². The Bertz CT molecular complexity index is 630. The lowest BCUT2D eigenvalue weighted by Gasteiger charge is -2.15. The minimum Gasteiger partial charge on any atom is -0.465 e. The van der Waals surface area contributed by atoms with Crippen LogP contribution in [0.5, 0.6) is 0 Å². The van der Waals surface area contributed by atoms with Crippen LogP contribution in [0.25, 0.3) is 0 Å². The number of ketones is 1. The quantitative estimate of drug-likeness (QED) is 0.0372. The monoisotopic (exact) mass is 663 g/mol. The molecule has 0 radical (unpaired) electrons. The second-order valence-electron chi connectivity index (χ2n) is 15.0. The summed E-state index contributed by atoms with van der Waals surface area (Å²) in [6.45, 7) is 7.28. The maximum atomic E-state index is 13.2. The minimum atomic E-state index is -0.529. The van der Waals surface area contributed by atoms with Gasteiger partial charge >= 0.3 is 5.97 Å². The number of esters is 1. The molecule has 0 aromatic heterocycles. The molecule has 3 nitrogen and oxygen atoms in total. The Balaban J connectivity index is 4.11. The number of ether oxygens (including phenoxy) is 1. The van der Waals surface area contributed by atoms with Crippen LogP contribution in [0, 0.1) is 5.92 Å². The molecular weight excluding hydrogens is 576 g/mol. The molecule has 0 aromatic carbocycles. The van der Waals surface area contributed by atoms with E-state index in [0.29, 0.717) is 19.4 Å². The fraction of sp³-hybridized carbons (Fsp3) is 0.955. The van der Waals surface area contributed by atoms with E-state index in [-0.39, 0.29) is 11.8 Å². The highest BCUT2D eigenvalue weighted by Crippen LogP contribution is 2.20. The molecule has 0 saturated carbocycles. The van der Waals surface area contributed by atoms with Gasteiger partial charge in [-0.05, 0) is 19.3 Å². The number of carbonyl (C=O) groups excluding carboxylic acids is 2. The fourth-order valence-electron chi connectivity index (χ4n) is 6.95. The maximum absolute atomic E-state index is 13.2. The summed E-state index contributed by atoms with van der Waals surface area (Å²) in [6, 6.07) is 0. The maximum Gasteiger partial charge on any atom is 0.316 e. The highest BCUT2D eigenvalue weighted by Gasteiger charge is 2.27. The Labute approximate surface area is 296 Å². The molecule has 0 spiro atoms. The second kappa shape index (κ2) is 39.6. The number of Topliss-reactive ketones (excluding diaryl/α,β-unsaturated/α-hetero) is 1. The van der Waals surface area contributed by atoms with Crippen molar-refractivity contribution in [3.63, 3.8) is 0 Å². The molecule has 0 rings (SSSR count). The molecule has 0 bridgehead atoms. The van der Waals surface area contributed by atoms with E-state index in [1.807, 2.05) is 0 Å². The number of unbranched alkanes of at least 4 members (excludes halogenated alkanes) is 32. The summed E-state index contributed by atoms with van der Waals surface area (Å²) in [4.78, 5) is 26.2. The van der Waals surface area contributed by atoms with Crippen molar-refractivity contribution in [3.05, 3.63) is 0 Å². The van der Waals surface area contributed by atoms with E-state index in [2.05, 4.69) is 20.8 Å². The zero-order chi connectivity index (χ0) is 34.3. The van der Waals surface area contributed by atoms with E-state index >= 15 is 0 Å². The Morgan fingerprint density at radius 1 is 0.362 bits per heavy atom. The van der Waals surface area contributed by atoms with Gasteiger partial charge in [0, 0.05) is 6.42 Å². The molecule has 0 saturated heterocycles. The second-order valence-corrected chi connectivity index (χ2v) is 15.0. The van der Waals surface area contributed by atoms with Crippen LogP contribution >= 0.6 is 0 Å². The molecule has 0 fully saturated rings. The molecule has 0 heterocycles. The third kappa shape index (κ3) is 34.8. The highest BCUT2D eigenvalue weighted by atomic mass is 16.5. The summed E-state index contributed by atoms with van der Waals surface area (Å²) in [5.74, 6) is -0.624. The molecule has 1 unspecified atom stereocenters. The zero-order valence-electron chi connectivity index (χ0n) is 32.7. The summed E-state index contributed by atoms with van der Waals surface area (Å²) in [5.41, 5.74) is 0. The van der Waals surface area contributed by atoms with Gasteiger partial charge < -0.3 is 4.74 Å².